The fourth-order valence-corrected chi connectivity index (χ4v) is 0.177. The van der Waals surface area contributed by atoms with Crippen molar-refractivity contribution in [1.29, 1.82) is 0 Å². The molecule has 0 aromatic heterocycles. The Labute approximate surface area is 33.7 Å². The molecule has 1 radical (unpaired) electrons. The van der Waals surface area contributed by atoms with Crippen molar-refractivity contribution in [2.24, 2.45) is 0 Å². The molecular weight excluding hydrogens is 84.0 g/mol. The molecule has 1 N–H and O–H groups in total. The van der Waals surface area contributed by atoms with Crippen LogP contribution < -0.4 is 10.7 Å². The minimum absolute atomic E-state index is 0.449. The number of nitrogens with one attached hydrogen (secondary N) is 1. The zero-order chi connectivity index (χ0) is 4.41. The Morgan fingerprint density at radius 2 is 2.83 bits per heavy atom. The fourth-order valence-electron chi connectivity index (χ4n) is 0.177. The molecule has 0 aliphatic carbocycles. The van der Waals surface area contributed by atoms with Gasteiger partial charge >= 0.3 is 12.2 Å². The lowest BCUT2D eigenvalue weighted by Gasteiger charge is -1.70. The normalized spacial score (nSPS) is 17.0. The first-order valence-electron chi connectivity index (χ1n) is 1.38. The van der Waals surface area contributed by atoms with Crippen molar-refractivity contribution in [2.45, 2.75) is 0 Å². The number of hydrogen-bond donors (Lipinski definition) is 1. The largest absolute Gasteiger partial charge is 0.435 e. The first-order chi connectivity index (χ1) is 2.89. The summed E-state index contributed by atoms with van der Waals surface area (Å²) in [6, 6.07) is 0. The van der Waals surface area contributed by atoms with E-state index in [9.17, 15) is 4.79 Å². The summed E-state index contributed by atoms with van der Waals surface area (Å²) in [6.45, 7) is 0. The zero-order valence-corrected chi connectivity index (χ0v) is 2.84. The van der Waals surface area contributed by atoms with Gasteiger partial charge in [-0.2, -0.15) is 0 Å². The van der Waals surface area contributed by atoms with Crippen LogP contribution in [0.4, 0.5) is 0 Å². The van der Waals surface area contributed by atoms with Crippen molar-refractivity contribution in [1.82, 2.24) is 10.7 Å². The molecule has 0 saturated heterocycles. The lowest BCUT2D eigenvalue weighted by atomic mass is 10.8. The van der Waals surface area contributed by atoms with Gasteiger partial charge in [-0.3, -0.25) is 4.84 Å². The third-order valence-corrected chi connectivity index (χ3v) is 0.369. The smallest absolute Gasteiger partial charge is 0.278 e. The van der Waals surface area contributed by atoms with E-state index < -0.39 is 5.97 Å². The molecule has 4 heteroatoms. The maximum atomic E-state index is 9.81. The molecule has 31 valence electrons. The number of rotatable bonds is 0. The fraction of sp³-hybridized carbons (Fsp3) is 0. The van der Waals surface area contributed by atoms with Gasteiger partial charge in [0.05, 0.1) is 5.59 Å². The van der Waals surface area contributed by atoms with E-state index in [2.05, 4.69) is 9.94 Å². The van der Waals surface area contributed by atoms with Gasteiger partial charge in [-0.05, 0) is 0 Å². The molecule has 0 aromatic carbocycles. The molecule has 0 unspecified atom stereocenters. The van der Waals surface area contributed by atoms with Crippen molar-refractivity contribution < 1.29 is 9.63 Å². The van der Waals surface area contributed by atoms with E-state index in [1.54, 1.807) is 0 Å². The quantitative estimate of drug-likeness (QED) is 0.385. The van der Waals surface area contributed by atoms with Gasteiger partial charge in [0.15, 0.2) is 0 Å². The summed E-state index contributed by atoms with van der Waals surface area (Å²) in [6.07, 6.45) is 1.06. The molecule has 0 fully saturated rings. The van der Waals surface area contributed by atoms with E-state index in [1.807, 2.05) is 5.59 Å². The number of carbonyl (C=O) groups is 1. The molecule has 0 atom stereocenters. The van der Waals surface area contributed by atoms with Gasteiger partial charge < -0.3 is 0 Å². The van der Waals surface area contributed by atoms with Gasteiger partial charge in [-0.1, -0.05) is 0 Å². The molecule has 0 spiro atoms. The molecule has 1 aliphatic heterocycles. The number of hydrogen-bond acceptors (Lipinski definition) is 4. The summed E-state index contributed by atoms with van der Waals surface area (Å²) in [5.74, 6) is -0.449. The second-order valence-electron chi connectivity index (χ2n) is 0.771. The van der Waals surface area contributed by atoms with E-state index in [0.29, 0.717) is 0 Å². The second-order valence-corrected chi connectivity index (χ2v) is 0.771. The van der Waals surface area contributed by atoms with E-state index in [0.717, 1.165) is 6.21 Å². The van der Waals surface area contributed by atoms with Crippen LogP contribution in [0.2, 0.25) is 0 Å². The highest BCUT2D eigenvalue weighted by atomic mass is 16.7. The maximum absolute atomic E-state index is 9.81. The maximum Gasteiger partial charge on any atom is 0.435 e. The first-order valence-corrected chi connectivity index (χ1v) is 1.38. The van der Waals surface area contributed by atoms with E-state index >= 15 is 0 Å². The summed E-state index contributed by atoms with van der Waals surface area (Å²) in [5, 5.41) is 3.22. The summed E-state index contributed by atoms with van der Waals surface area (Å²) >= 11 is 0. The van der Waals surface area contributed by atoms with Gasteiger partial charge in [0.1, 0.15) is 0 Å². The number of nitrogens with zero attached hydrogens (tertiary/aromatic N) is 1. The molecule has 0 bridgehead atoms. The summed E-state index contributed by atoms with van der Waals surface area (Å²) in [7, 11) is 0. The highest BCUT2D eigenvalue weighted by Crippen LogP contribution is 1.65. The first kappa shape index (κ1) is 3.14. The predicted octanol–water partition coefficient (Wildman–Crippen LogP) is -1.63. The third-order valence-electron chi connectivity index (χ3n) is 0.369. The van der Waals surface area contributed by atoms with E-state index in [-0.39, 0.29) is 0 Å². The Morgan fingerprint density at radius 3 is 3.00 bits per heavy atom. The Balaban J connectivity index is 2.59. The predicted molar refractivity (Wildman–Crippen MR) is 17.4 cm³/mol. The van der Waals surface area contributed by atoms with Crippen LogP contribution in [0.1, 0.15) is 0 Å². The van der Waals surface area contributed by atoms with Crippen molar-refractivity contribution in [3.05, 3.63) is 0 Å². The van der Waals surface area contributed by atoms with Crippen molar-refractivity contribution >= 4 is 12.2 Å². The molecule has 1 heterocycles. The van der Waals surface area contributed by atoms with Crippen LogP contribution in [0, 0.1) is 0 Å². The zero-order valence-electron chi connectivity index (χ0n) is 2.84. The molecule has 0 saturated carbocycles. The standard InChI is InChI=1S/C2H2N2O2/c5-2-1-3-4-6-2/h1,4H/q+1. The highest BCUT2D eigenvalue weighted by molar-refractivity contribution is 6.23. The van der Waals surface area contributed by atoms with Gasteiger partial charge in [-0.15, -0.1) is 0 Å². The Hall–Kier alpha value is -1.06. The molecule has 0 amide bonds. The molecular formula is C2H2N2O2+. The van der Waals surface area contributed by atoms with E-state index in [4.69, 9.17) is 0 Å². The minimum atomic E-state index is -0.449. The van der Waals surface area contributed by atoms with Gasteiger partial charge in [0.25, 0.3) is 0 Å². The molecule has 1 rings (SSSR count). The lowest BCUT2D eigenvalue weighted by Crippen LogP contribution is -2.08. The molecule has 4 nitrogen and oxygen atoms in total. The summed E-state index contributed by atoms with van der Waals surface area (Å²) in [5.41, 5.74) is 1.99. The molecule has 1 aliphatic rings. The van der Waals surface area contributed by atoms with Crippen molar-refractivity contribution in [2.75, 3.05) is 0 Å². The molecule has 6 heavy (non-hydrogen) atoms. The third kappa shape index (κ3) is 0.314. The van der Waals surface area contributed by atoms with Crippen LogP contribution >= 0.6 is 0 Å². The van der Waals surface area contributed by atoms with Crippen molar-refractivity contribution in [3.63, 3.8) is 0 Å². The lowest BCUT2D eigenvalue weighted by molar-refractivity contribution is -0.139. The van der Waals surface area contributed by atoms with Gasteiger partial charge in [-0.25, -0.2) is 4.79 Å². The number of hydrazone groups is 1. The highest BCUT2D eigenvalue weighted by Gasteiger charge is 2.14. The van der Waals surface area contributed by atoms with Crippen LogP contribution in [-0.4, -0.2) is 12.2 Å². The minimum Gasteiger partial charge on any atom is -0.278 e. The summed E-state index contributed by atoms with van der Waals surface area (Å²) < 4.78 is 0. The second kappa shape index (κ2) is 0.965. The average Bonchev–Trinajstić information content (AvgIpc) is 1.86. The Morgan fingerprint density at radius 1 is 2.00 bits per heavy atom. The van der Waals surface area contributed by atoms with Crippen LogP contribution in [-0.2, 0) is 9.63 Å². The van der Waals surface area contributed by atoms with Crippen LogP contribution in [0.5, 0.6) is 0 Å². The molecule has 0 aromatic rings. The van der Waals surface area contributed by atoms with Gasteiger partial charge in [0.2, 0.25) is 5.10 Å². The van der Waals surface area contributed by atoms with Crippen LogP contribution in [0.15, 0.2) is 0 Å². The average molecular weight is 86.0 g/mol. The van der Waals surface area contributed by atoms with Crippen LogP contribution in [0.3, 0.4) is 0 Å². The SMILES string of the molecule is O=C1C=[N+]NO1. The Bertz CT molecular complexity index is 97.7. The van der Waals surface area contributed by atoms with Crippen LogP contribution in [0.25, 0.3) is 0 Å². The topological polar surface area (TPSA) is 52.4 Å². The van der Waals surface area contributed by atoms with Crippen molar-refractivity contribution in [3.8, 4) is 0 Å². The van der Waals surface area contributed by atoms with E-state index in [1.165, 1.54) is 0 Å². The number of carbonyl (C=O) groups excluding carboxylic acids is 1. The van der Waals surface area contributed by atoms with Gasteiger partial charge in [0, 0.05) is 0 Å². The Kier molecular flexibility index (Phi) is 0.506. The monoisotopic (exact) mass is 86.0 g/mol. The summed E-state index contributed by atoms with van der Waals surface area (Å²) in [4.78, 5) is 13.9.